The molecular weight excluding hydrogens is 725 g/mol. The smallest absolute Gasteiger partial charge is 0.162 e. The maximum atomic E-state index is 12.8. The Labute approximate surface area is 345 Å². The number of rotatable bonds is 14. The molecule has 7 nitrogen and oxygen atoms in total. The van der Waals surface area contributed by atoms with Crippen LogP contribution >= 0.6 is 0 Å². The molecule has 0 aliphatic rings. The predicted molar refractivity (Wildman–Crippen MR) is 243 cm³/mol. The molecule has 0 aliphatic heterocycles. The van der Waals surface area contributed by atoms with Crippen molar-refractivity contribution in [2.24, 2.45) is 10.2 Å². The van der Waals surface area contributed by atoms with E-state index in [0.717, 1.165) is 74.8 Å². The topological polar surface area (TPSA) is 87.2 Å². The zero-order chi connectivity index (χ0) is 40.4. The van der Waals surface area contributed by atoms with Crippen LogP contribution in [0.4, 0.5) is 51.2 Å². The van der Waals surface area contributed by atoms with Gasteiger partial charge in [0.05, 0.1) is 11.4 Å². The molecule has 8 aromatic rings. The molecule has 0 amide bonds. The number of nitrogen functional groups attached to an aromatic ring is 1. The number of hydrogen-bond donors (Lipinski definition) is 1. The molecule has 0 fully saturated rings. The average molecular weight is 769 g/mol. The predicted octanol–water partition coefficient (Wildman–Crippen LogP) is 14.7. The maximum absolute atomic E-state index is 12.8. The minimum Gasteiger partial charge on any atom is -0.396 e. The van der Waals surface area contributed by atoms with Crippen molar-refractivity contribution in [1.29, 1.82) is 0 Å². The second-order valence-electron chi connectivity index (χ2n) is 14.2. The summed E-state index contributed by atoms with van der Waals surface area (Å²) in [5.74, 6) is 0.172. The number of ketones is 1. The number of carbonyl (C=O) groups is 1. The Morgan fingerprint density at radius 1 is 0.508 bits per heavy atom. The molecule has 1 aromatic heterocycles. The Kier molecular flexibility index (Phi) is 11.7. The van der Waals surface area contributed by atoms with Crippen LogP contribution in [0.15, 0.2) is 211 Å². The van der Waals surface area contributed by atoms with E-state index >= 15 is 0 Å². The second-order valence-corrected chi connectivity index (χ2v) is 14.2. The van der Waals surface area contributed by atoms with E-state index < -0.39 is 0 Å². The minimum absolute atomic E-state index is 0.172. The van der Waals surface area contributed by atoms with Crippen LogP contribution in [0.25, 0.3) is 22.3 Å². The summed E-state index contributed by atoms with van der Waals surface area (Å²) in [6.07, 6.45) is 5.83. The van der Waals surface area contributed by atoms with Gasteiger partial charge in [0.2, 0.25) is 0 Å². The van der Waals surface area contributed by atoms with Crippen molar-refractivity contribution >= 4 is 57.0 Å². The number of anilines is 7. The lowest BCUT2D eigenvalue weighted by molar-refractivity contribution is 0.0980. The zero-order valence-electron chi connectivity index (χ0n) is 32.9. The Bertz CT molecular complexity index is 2590. The van der Waals surface area contributed by atoms with Gasteiger partial charge < -0.3 is 15.5 Å². The van der Waals surface area contributed by atoms with Crippen molar-refractivity contribution in [3.8, 4) is 22.3 Å². The van der Waals surface area contributed by atoms with E-state index in [4.69, 9.17) is 10.8 Å². The molecule has 0 saturated carbocycles. The molecule has 0 spiro atoms. The molecule has 8 rings (SSSR count). The van der Waals surface area contributed by atoms with Crippen LogP contribution in [-0.2, 0) is 0 Å². The first-order valence-corrected chi connectivity index (χ1v) is 19.9. The molecule has 0 saturated heterocycles. The lowest BCUT2D eigenvalue weighted by Gasteiger charge is -2.26. The van der Waals surface area contributed by atoms with Gasteiger partial charge in [-0.05, 0) is 115 Å². The number of hydrogen-bond acceptors (Lipinski definition) is 7. The van der Waals surface area contributed by atoms with Crippen molar-refractivity contribution in [2.45, 2.75) is 26.2 Å². The van der Waals surface area contributed by atoms with Crippen molar-refractivity contribution in [3.05, 3.63) is 206 Å². The van der Waals surface area contributed by atoms with E-state index in [0.29, 0.717) is 23.5 Å². The summed E-state index contributed by atoms with van der Waals surface area (Å²) in [7, 11) is 0. The number of benzene rings is 7. The van der Waals surface area contributed by atoms with E-state index in [1.54, 1.807) is 12.4 Å². The molecule has 0 bridgehead atoms. The normalized spacial score (nSPS) is 11.1. The highest BCUT2D eigenvalue weighted by Gasteiger charge is 2.18. The van der Waals surface area contributed by atoms with E-state index in [9.17, 15) is 4.79 Å². The average Bonchev–Trinajstić information content (AvgIpc) is 3.30. The highest BCUT2D eigenvalue weighted by molar-refractivity contribution is 5.97. The van der Waals surface area contributed by atoms with Gasteiger partial charge in [-0.25, -0.2) is 0 Å². The van der Waals surface area contributed by atoms with Gasteiger partial charge in [-0.3, -0.25) is 9.78 Å². The maximum Gasteiger partial charge on any atom is 0.162 e. The highest BCUT2D eigenvalue weighted by Crippen LogP contribution is 2.44. The Morgan fingerprint density at radius 2 is 0.932 bits per heavy atom. The number of nitrogens with zero attached hydrogens (tertiary/aromatic N) is 5. The van der Waals surface area contributed by atoms with Gasteiger partial charge in [0.15, 0.2) is 5.78 Å². The van der Waals surface area contributed by atoms with E-state index in [2.05, 4.69) is 148 Å². The van der Waals surface area contributed by atoms with Crippen LogP contribution < -0.4 is 15.5 Å². The standard InChI is InChI=1S/C52H44N6O/c1-2-3-19-50(59)40-24-30-47(31-25-40)58(44-17-11-6-12-18-44)46-28-22-39(23-29-46)49-33-32-48(51(53)52(49)56-55-41-34-36-54-37-35-41)38-20-26-45(27-21-38)57(42-13-7-4-8-14-42)43-15-9-5-10-16-43/h4-18,20-37H,2-3,19,53H2,1H3. The molecule has 2 N–H and O–H groups in total. The quantitative estimate of drug-likeness (QED) is 0.0676. The number of pyridine rings is 1. The summed E-state index contributed by atoms with van der Waals surface area (Å²) in [6, 6.07) is 63.4. The zero-order valence-corrected chi connectivity index (χ0v) is 32.9. The van der Waals surface area contributed by atoms with Crippen LogP contribution in [0.2, 0.25) is 0 Å². The number of azo groups is 1. The first-order chi connectivity index (χ1) is 29.1. The third-order valence-corrected chi connectivity index (χ3v) is 10.3. The molecular formula is C52H44N6O. The summed E-state index contributed by atoms with van der Waals surface area (Å²) < 4.78 is 0. The van der Waals surface area contributed by atoms with Gasteiger partial charge in [0.25, 0.3) is 0 Å². The third kappa shape index (κ3) is 8.70. The molecule has 0 aliphatic carbocycles. The summed E-state index contributed by atoms with van der Waals surface area (Å²) >= 11 is 0. The third-order valence-electron chi connectivity index (χ3n) is 10.3. The number of aromatic nitrogens is 1. The molecule has 7 heteroatoms. The number of unbranched alkanes of at least 4 members (excludes halogenated alkanes) is 1. The van der Waals surface area contributed by atoms with Crippen LogP contribution in [0, 0.1) is 0 Å². The summed E-state index contributed by atoms with van der Waals surface area (Å²) in [6.45, 7) is 2.10. The summed E-state index contributed by atoms with van der Waals surface area (Å²) in [5.41, 5.74) is 19.3. The molecule has 1 heterocycles. The molecule has 59 heavy (non-hydrogen) atoms. The van der Waals surface area contributed by atoms with Crippen molar-refractivity contribution in [3.63, 3.8) is 0 Å². The monoisotopic (exact) mass is 768 g/mol. The SMILES string of the molecule is CCCCC(=O)c1ccc(N(c2ccccc2)c2ccc(-c3ccc(-c4ccc(N(c5ccccc5)c5ccccc5)cc4)c(N)c3N=Nc3ccncc3)cc2)cc1. The van der Waals surface area contributed by atoms with Gasteiger partial charge in [0, 0.05) is 69.6 Å². The molecule has 0 unspecified atom stereocenters. The van der Waals surface area contributed by atoms with E-state index in [1.165, 1.54) is 0 Å². The lowest BCUT2D eigenvalue weighted by Crippen LogP contribution is -2.10. The van der Waals surface area contributed by atoms with Gasteiger partial charge in [-0.15, -0.1) is 5.11 Å². The minimum atomic E-state index is 0.172. The van der Waals surface area contributed by atoms with Crippen molar-refractivity contribution in [1.82, 2.24) is 4.98 Å². The number of Topliss-reactive ketones (excluding diaryl/α,β-unsaturated/α-hetero) is 1. The van der Waals surface area contributed by atoms with Crippen LogP contribution in [0.1, 0.15) is 36.5 Å². The fraction of sp³-hybridized carbons (Fsp3) is 0.0769. The fourth-order valence-corrected chi connectivity index (χ4v) is 7.20. The first-order valence-electron chi connectivity index (χ1n) is 19.9. The first kappa shape index (κ1) is 38.2. The Morgan fingerprint density at radius 3 is 1.41 bits per heavy atom. The molecule has 288 valence electrons. The van der Waals surface area contributed by atoms with Crippen molar-refractivity contribution < 1.29 is 4.79 Å². The molecule has 0 radical (unpaired) electrons. The summed E-state index contributed by atoms with van der Waals surface area (Å²) in [4.78, 5) is 21.3. The molecule has 7 aromatic carbocycles. The number of para-hydroxylation sites is 3. The fourth-order valence-electron chi connectivity index (χ4n) is 7.20. The Balaban J connectivity index is 1.15. The van der Waals surface area contributed by atoms with E-state index in [1.807, 2.05) is 66.7 Å². The highest BCUT2D eigenvalue weighted by atomic mass is 16.1. The Hall–Kier alpha value is -7.64. The van der Waals surface area contributed by atoms with Gasteiger partial charge in [-0.1, -0.05) is 104 Å². The van der Waals surface area contributed by atoms with Gasteiger partial charge in [0.1, 0.15) is 5.69 Å². The van der Waals surface area contributed by atoms with Crippen LogP contribution in [0.5, 0.6) is 0 Å². The van der Waals surface area contributed by atoms with Gasteiger partial charge in [-0.2, -0.15) is 5.11 Å². The van der Waals surface area contributed by atoms with Crippen LogP contribution in [0.3, 0.4) is 0 Å². The van der Waals surface area contributed by atoms with Gasteiger partial charge >= 0.3 is 0 Å². The number of nitrogens with two attached hydrogens (primary N) is 1. The van der Waals surface area contributed by atoms with Crippen LogP contribution in [-0.4, -0.2) is 10.8 Å². The number of carbonyl (C=O) groups excluding carboxylic acids is 1. The molecule has 0 atom stereocenters. The lowest BCUT2D eigenvalue weighted by atomic mass is 9.95. The van der Waals surface area contributed by atoms with E-state index in [-0.39, 0.29) is 5.78 Å². The second kappa shape index (κ2) is 18.1. The largest absolute Gasteiger partial charge is 0.396 e. The summed E-state index contributed by atoms with van der Waals surface area (Å²) in [5, 5.41) is 9.37. The van der Waals surface area contributed by atoms with Crippen molar-refractivity contribution in [2.75, 3.05) is 15.5 Å².